The smallest absolute Gasteiger partial charge is 0.289 e. The molecule has 4 rings (SSSR count). The molecule has 4 heterocycles. The Kier molecular flexibility index (Phi) is 4.87. The molecule has 0 saturated carbocycles. The van der Waals surface area contributed by atoms with Gasteiger partial charge in [-0.1, -0.05) is 6.42 Å². The van der Waals surface area contributed by atoms with Crippen molar-refractivity contribution in [2.45, 2.75) is 63.6 Å². The molecule has 138 valence electrons. The predicted octanol–water partition coefficient (Wildman–Crippen LogP) is 3.23. The van der Waals surface area contributed by atoms with Gasteiger partial charge < -0.3 is 19.0 Å². The van der Waals surface area contributed by atoms with Crippen LogP contribution in [-0.2, 0) is 4.74 Å². The van der Waals surface area contributed by atoms with E-state index in [2.05, 4.69) is 4.90 Å². The fourth-order valence-electron chi connectivity index (χ4n) is 4.74. The molecule has 25 heavy (non-hydrogen) atoms. The summed E-state index contributed by atoms with van der Waals surface area (Å²) in [4.78, 5) is 17.2. The number of hydrogen-bond acceptors (Lipinski definition) is 4. The third-order valence-corrected chi connectivity index (χ3v) is 6.15. The van der Waals surface area contributed by atoms with Gasteiger partial charge in [0.05, 0.1) is 24.5 Å². The van der Waals surface area contributed by atoms with Crippen LogP contribution in [0, 0.1) is 6.92 Å². The van der Waals surface area contributed by atoms with Gasteiger partial charge in [-0.3, -0.25) is 4.79 Å². The fourth-order valence-corrected chi connectivity index (χ4v) is 4.74. The van der Waals surface area contributed by atoms with Crippen molar-refractivity contribution in [3.63, 3.8) is 0 Å². The summed E-state index contributed by atoms with van der Waals surface area (Å²) in [6.07, 6.45) is 10.3. The van der Waals surface area contributed by atoms with E-state index in [0.717, 1.165) is 37.9 Å². The van der Waals surface area contributed by atoms with E-state index >= 15 is 0 Å². The summed E-state index contributed by atoms with van der Waals surface area (Å²) in [7, 11) is 0. The van der Waals surface area contributed by atoms with Gasteiger partial charge in [-0.2, -0.15) is 0 Å². The van der Waals surface area contributed by atoms with Gasteiger partial charge in [0.25, 0.3) is 5.91 Å². The lowest BCUT2D eigenvalue weighted by molar-refractivity contribution is -0.128. The quantitative estimate of drug-likeness (QED) is 0.843. The van der Waals surface area contributed by atoms with Crippen molar-refractivity contribution in [2.24, 2.45) is 0 Å². The number of hydrogen-bond donors (Lipinski definition) is 0. The Bertz CT molecular complexity index is 608. The van der Waals surface area contributed by atoms with Crippen LogP contribution in [0.25, 0.3) is 0 Å². The Balaban J connectivity index is 1.37. The minimum Gasteiger partial charge on any atom is -0.459 e. The molecule has 1 spiro atoms. The molecule has 3 aliphatic heterocycles. The first-order valence-corrected chi connectivity index (χ1v) is 9.89. The zero-order chi connectivity index (χ0) is 17.3. The maximum atomic E-state index is 12.7. The zero-order valence-corrected chi connectivity index (χ0v) is 15.3. The van der Waals surface area contributed by atoms with E-state index < -0.39 is 0 Å². The number of nitrogens with zero attached hydrogens (tertiary/aromatic N) is 2. The summed E-state index contributed by atoms with van der Waals surface area (Å²) in [5.41, 5.74) is 0.785. The van der Waals surface area contributed by atoms with Crippen molar-refractivity contribution in [1.82, 2.24) is 9.80 Å². The predicted molar refractivity (Wildman–Crippen MR) is 95.7 cm³/mol. The van der Waals surface area contributed by atoms with E-state index in [1.165, 1.54) is 38.8 Å². The van der Waals surface area contributed by atoms with Crippen LogP contribution in [0.3, 0.4) is 0 Å². The van der Waals surface area contributed by atoms with Gasteiger partial charge in [-0.15, -0.1) is 0 Å². The van der Waals surface area contributed by atoms with E-state index in [1.54, 1.807) is 6.26 Å². The minimum absolute atomic E-state index is 0.0149. The maximum Gasteiger partial charge on any atom is 0.289 e. The lowest BCUT2D eigenvalue weighted by Gasteiger charge is -2.41. The topological polar surface area (TPSA) is 45.9 Å². The minimum atomic E-state index is -0.130. The normalized spacial score (nSPS) is 30.9. The lowest BCUT2D eigenvalue weighted by atomic mass is 9.90. The van der Waals surface area contributed by atoms with Gasteiger partial charge in [0.1, 0.15) is 0 Å². The van der Waals surface area contributed by atoms with Crippen molar-refractivity contribution in [1.29, 1.82) is 0 Å². The number of carbonyl (C=O) groups excluding carboxylic acids is 1. The van der Waals surface area contributed by atoms with Crippen LogP contribution in [0.5, 0.6) is 0 Å². The molecule has 3 fully saturated rings. The first-order valence-electron chi connectivity index (χ1n) is 9.89. The van der Waals surface area contributed by atoms with Crippen LogP contribution in [0.2, 0.25) is 0 Å². The number of likely N-dealkylation sites (tertiary alicyclic amines) is 2. The van der Waals surface area contributed by atoms with E-state index in [-0.39, 0.29) is 11.5 Å². The summed E-state index contributed by atoms with van der Waals surface area (Å²) in [6.45, 7) is 6.91. The molecule has 1 aromatic heterocycles. The average molecular weight is 346 g/mol. The third kappa shape index (κ3) is 3.63. The first-order chi connectivity index (χ1) is 12.2. The monoisotopic (exact) mass is 346 g/mol. The van der Waals surface area contributed by atoms with E-state index in [4.69, 9.17) is 9.15 Å². The molecule has 5 heteroatoms. The summed E-state index contributed by atoms with van der Waals surface area (Å²) >= 11 is 0. The van der Waals surface area contributed by atoms with Crippen molar-refractivity contribution in [3.05, 3.63) is 23.7 Å². The van der Waals surface area contributed by atoms with Crippen LogP contribution >= 0.6 is 0 Å². The number of aryl methyl sites for hydroxylation is 1. The van der Waals surface area contributed by atoms with Gasteiger partial charge in [0.2, 0.25) is 0 Å². The van der Waals surface area contributed by atoms with Gasteiger partial charge in [0, 0.05) is 18.7 Å². The summed E-state index contributed by atoms with van der Waals surface area (Å²) in [5.74, 6) is 0.499. The molecule has 0 aromatic carbocycles. The first kappa shape index (κ1) is 17.1. The highest BCUT2D eigenvalue weighted by Crippen LogP contribution is 2.37. The number of ether oxygens (including phenoxy) is 1. The van der Waals surface area contributed by atoms with Gasteiger partial charge in [-0.05, 0) is 64.6 Å². The van der Waals surface area contributed by atoms with Crippen molar-refractivity contribution >= 4 is 5.91 Å². The van der Waals surface area contributed by atoms with Crippen LogP contribution < -0.4 is 0 Å². The number of rotatable bonds is 3. The van der Waals surface area contributed by atoms with Crippen molar-refractivity contribution in [3.8, 4) is 0 Å². The van der Waals surface area contributed by atoms with Gasteiger partial charge in [0.15, 0.2) is 5.76 Å². The molecule has 5 nitrogen and oxygen atoms in total. The Morgan fingerprint density at radius 1 is 1.20 bits per heavy atom. The highest BCUT2D eigenvalue weighted by molar-refractivity contribution is 5.93. The summed E-state index contributed by atoms with van der Waals surface area (Å²) in [6, 6.07) is 1.85. The average Bonchev–Trinajstić information content (AvgIpc) is 3.22. The van der Waals surface area contributed by atoms with Crippen LogP contribution in [0.4, 0.5) is 0 Å². The molecule has 0 aliphatic carbocycles. The fraction of sp³-hybridized carbons (Fsp3) is 0.750. The highest BCUT2D eigenvalue weighted by atomic mass is 16.5. The third-order valence-electron chi connectivity index (χ3n) is 6.15. The molecule has 3 aliphatic rings. The largest absolute Gasteiger partial charge is 0.459 e. The number of carbonyl (C=O) groups is 1. The molecular weight excluding hydrogens is 316 g/mol. The molecule has 1 amide bonds. The van der Waals surface area contributed by atoms with E-state index in [0.29, 0.717) is 18.4 Å². The molecule has 0 radical (unpaired) electrons. The van der Waals surface area contributed by atoms with Crippen LogP contribution in [0.1, 0.15) is 61.1 Å². The number of piperidine rings is 1. The van der Waals surface area contributed by atoms with Crippen LogP contribution in [0.15, 0.2) is 16.7 Å². The Hall–Kier alpha value is -1.33. The van der Waals surface area contributed by atoms with Crippen molar-refractivity contribution in [2.75, 3.05) is 32.7 Å². The SMILES string of the molecule is Cc1ccoc1C(=O)N1CC[C@]2(CCC[C@@H](CN3CCCCC3)O2)C1. The highest BCUT2D eigenvalue weighted by Gasteiger charge is 2.45. The molecule has 0 N–H and O–H groups in total. The molecule has 0 bridgehead atoms. The van der Waals surface area contributed by atoms with E-state index in [1.807, 2.05) is 17.9 Å². The van der Waals surface area contributed by atoms with Gasteiger partial charge in [-0.25, -0.2) is 0 Å². The zero-order valence-electron chi connectivity index (χ0n) is 15.3. The lowest BCUT2D eigenvalue weighted by Crippen LogP contribution is -2.48. The Labute approximate surface area is 150 Å². The molecule has 3 saturated heterocycles. The molecule has 2 atom stereocenters. The second-order valence-electron chi connectivity index (χ2n) is 8.09. The summed E-state index contributed by atoms with van der Waals surface area (Å²) in [5, 5.41) is 0. The second kappa shape index (κ2) is 7.12. The molecular formula is C20H30N2O3. The Morgan fingerprint density at radius 2 is 2.04 bits per heavy atom. The van der Waals surface area contributed by atoms with Crippen molar-refractivity contribution < 1.29 is 13.9 Å². The van der Waals surface area contributed by atoms with Crippen LogP contribution in [-0.4, -0.2) is 60.1 Å². The molecule has 0 unspecified atom stereocenters. The number of amides is 1. The number of furan rings is 1. The second-order valence-corrected chi connectivity index (χ2v) is 8.09. The molecule has 1 aromatic rings. The van der Waals surface area contributed by atoms with E-state index in [9.17, 15) is 4.79 Å². The standard InChI is InChI=1S/C20H30N2O3/c1-16-7-13-24-18(16)19(23)22-12-9-20(15-22)8-5-6-17(25-20)14-21-10-3-2-4-11-21/h7,13,17H,2-6,8-12,14-15H2,1H3/t17-,20+/m0/s1. The maximum absolute atomic E-state index is 12.7. The summed E-state index contributed by atoms with van der Waals surface area (Å²) < 4.78 is 12.0. The van der Waals surface area contributed by atoms with Gasteiger partial charge >= 0.3 is 0 Å². The Morgan fingerprint density at radius 3 is 2.80 bits per heavy atom.